The van der Waals surface area contributed by atoms with Crippen LogP contribution in [0.25, 0.3) is 0 Å². The molecule has 3 heteroatoms. The fraction of sp³-hybridized carbons (Fsp3) is 0.714. The molecule has 1 aromatic rings. The zero-order valence-electron chi connectivity index (χ0n) is 11.1. The summed E-state index contributed by atoms with van der Waals surface area (Å²) in [6.07, 6.45) is 4.95. The van der Waals surface area contributed by atoms with Crippen LogP contribution >= 0.6 is 11.3 Å². The first-order valence-corrected chi connectivity index (χ1v) is 7.46. The fourth-order valence-electron chi connectivity index (χ4n) is 3.13. The van der Waals surface area contributed by atoms with Crippen molar-refractivity contribution in [3.8, 4) is 0 Å². The number of hydrogen-bond acceptors (Lipinski definition) is 3. The molecule has 1 aliphatic carbocycles. The summed E-state index contributed by atoms with van der Waals surface area (Å²) >= 11 is 1.83. The predicted octanol–water partition coefficient (Wildman–Crippen LogP) is 3.67. The molecule has 1 fully saturated rings. The van der Waals surface area contributed by atoms with Crippen molar-refractivity contribution in [3.05, 3.63) is 21.9 Å². The van der Waals surface area contributed by atoms with Gasteiger partial charge in [-0.25, -0.2) is 0 Å². The van der Waals surface area contributed by atoms with Gasteiger partial charge in [0.05, 0.1) is 11.6 Å². The van der Waals surface area contributed by atoms with E-state index in [0.717, 1.165) is 6.61 Å². The van der Waals surface area contributed by atoms with E-state index < -0.39 is 0 Å². The molecule has 0 aliphatic heterocycles. The Bertz CT molecular complexity index is 355. The third-order valence-corrected chi connectivity index (χ3v) is 4.66. The first kappa shape index (κ1) is 13.1. The first-order chi connectivity index (χ1) is 8.22. The van der Waals surface area contributed by atoms with E-state index in [1.807, 2.05) is 11.3 Å². The summed E-state index contributed by atoms with van der Waals surface area (Å²) in [5, 5.41) is 5.75. The molecule has 0 aromatic carbocycles. The Morgan fingerprint density at radius 1 is 1.47 bits per heavy atom. The number of rotatable bonds is 5. The average molecular weight is 253 g/mol. The minimum atomic E-state index is 0.0248. The maximum Gasteiger partial charge on any atom is 0.0876 e. The van der Waals surface area contributed by atoms with Crippen LogP contribution in [0, 0.1) is 6.92 Å². The number of ether oxygens (including phenoxy) is 1. The highest BCUT2D eigenvalue weighted by molar-refractivity contribution is 7.10. The van der Waals surface area contributed by atoms with E-state index in [2.05, 4.69) is 37.7 Å². The molecular weight excluding hydrogens is 230 g/mol. The van der Waals surface area contributed by atoms with Crippen LogP contribution in [0.15, 0.2) is 11.4 Å². The minimum absolute atomic E-state index is 0.0248. The van der Waals surface area contributed by atoms with Gasteiger partial charge in [0.25, 0.3) is 0 Å². The molecule has 1 aromatic heterocycles. The van der Waals surface area contributed by atoms with E-state index >= 15 is 0 Å². The number of likely N-dealkylation sites (N-methyl/N-ethyl adjacent to an activating group) is 1. The van der Waals surface area contributed by atoms with Gasteiger partial charge in [0, 0.05) is 11.5 Å². The van der Waals surface area contributed by atoms with Crippen LogP contribution in [-0.2, 0) is 4.74 Å². The normalized spacial score (nSPS) is 20.6. The van der Waals surface area contributed by atoms with Gasteiger partial charge in [-0.05, 0) is 50.7 Å². The van der Waals surface area contributed by atoms with Crippen LogP contribution < -0.4 is 5.32 Å². The Hall–Kier alpha value is -0.380. The van der Waals surface area contributed by atoms with Crippen LogP contribution in [0.4, 0.5) is 0 Å². The molecule has 1 unspecified atom stereocenters. The van der Waals surface area contributed by atoms with Crippen LogP contribution in [0.1, 0.15) is 49.1 Å². The highest BCUT2D eigenvalue weighted by Gasteiger charge is 2.42. The van der Waals surface area contributed by atoms with Crippen LogP contribution in [0.5, 0.6) is 0 Å². The summed E-state index contributed by atoms with van der Waals surface area (Å²) in [5.74, 6) is 0. The molecule has 1 atom stereocenters. The van der Waals surface area contributed by atoms with Crippen LogP contribution in [-0.4, -0.2) is 19.3 Å². The largest absolute Gasteiger partial charge is 0.373 e. The lowest BCUT2D eigenvalue weighted by Crippen LogP contribution is -2.42. The summed E-state index contributed by atoms with van der Waals surface area (Å²) in [6, 6.07) is 2.64. The minimum Gasteiger partial charge on any atom is -0.373 e. The van der Waals surface area contributed by atoms with Gasteiger partial charge in [0.2, 0.25) is 0 Å². The van der Waals surface area contributed by atoms with Crippen molar-refractivity contribution in [3.63, 3.8) is 0 Å². The monoisotopic (exact) mass is 253 g/mol. The Labute approximate surface area is 108 Å². The van der Waals surface area contributed by atoms with Gasteiger partial charge in [-0.1, -0.05) is 12.8 Å². The summed E-state index contributed by atoms with van der Waals surface area (Å²) in [6.45, 7) is 5.08. The van der Waals surface area contributed by atoms with Gasteiger partial charge in [0.15, 0.2) is 0 Å². The van der Waals surface area contributed by atoms with Gasteiger partial charge in [-0.2, -0.15) is 0 Å². The lowest BCUT2D eigenvalue weighted by atomic mass is 9.88. The Morgan fingerprint density at radius 3 is 2.65 bits per heavy atom. The van der Waals surface area contributed by atoms with E-state index in [1.54, 1.807) is 0 Å². The highest BCUT2D eigenvalue weighted by atomic mass is 32.1. The topological polar surface area (TPSA) is 21.3 Å². The Kier molecular flexibility index (Phi) is 4.23. The number of aryl methyl sites for hydroxylation is 1. The summed E-state index contributed by atoms with van der Waals surface area (Å²) in [5.41, 5.74) is 1.42. The van der Waals surface area contributed by atoms with Crippen molar-refractivity contribution in [1.29, 1.82) is 0 Å². The molecule has 0 spiro atoms. The lowest BCUT2D eigenvalue weighted by molar-refractivity contribution is -0.0609. The second kappa shape index (κ2) is 5.51. The standard InChI is InChI=1S/C14H23NOS/c1-4-16-14(7-5-6-8-14)13(15-3)12-9-11(2)17-10-12/h9-10,13,15H,4-8H2,1-3H3. The van der Waals surface area contributed by atoms with E-state index in [1.165, 1.54) is 36.1 Å². The quantitative estimate of drug-likeness (QED) is 0.864. The van der Waals surface area contributed by atoms with Crippen LogP contribution in [0.2, 0.25) is 0 Å². The molecule has 17 heavy (non-hydrogen) atoms. The zero-order valence-corrected chi connectivity index (χ0v) is 11.9. The molecule has 0 amide bonds. The molecule has 2 nitrogen and oxygen atoms in total. The molecule has 0 radical (unpaired) electrons. The van der Waals surface area contributed by atoms with Crippen molar-refractivity contribution in [2.24, 2.45) is 0 Å². The zero-order chi connectivity index (χ0) is 12.3. The van der Waals surface area contributed by atoms with Crippen molar-refractivity contribution >= 4 is 11.3 Å². The predicted molar refractivity (Wildman–Crippen MR) is 73.7 cm³/mol. The number of thiophene rings is 1. The Morgan fingerprint density at radius 2 is 2.18 bits per heavy atom. The maximum atomic E-state index is 6.15. The molecule has 96 valence electrons. The summed E-state index contributed by atoms with van der Waals surface area (Å²) in [7, 11) is 2.05. The second-order valence-corrected chi connectivity index (χ2v) is 6.03. The third kappa shape index (κ3) is 2.56. The summed E-state index contributed by atoms with van der Waals surface area (Å²) in [4.78, 5) is 1.38. The van der Waals surface area contributed by atoms with Crippen molar-refractivity contribution in [1.82, 2.24) is 5.32 Å². The van der Waals surface area contributed by atoms with Crippen molar-refractivity contribution < 1.29 is 4.74 Å². The van der Waals surface area contributed by atoms with E-state index in [4.69, 9.17) is 4.74 Å². The molecule has 2 rings (SSSR count). The highest BCUT2D eigenvalue weighted by Crippen LogP contribution is 2.43. The maximum absolute atomic E-state index is 6.15. The van der Waals surface area contributed by atoms with E-state index in [9.17, 15) is 0 Å². The number of hydrogen-bond donors (Lipinski definition) is 1. The molecule has 0 bridgehead atoms. The molecule has 1 N–H and O–H groups in total. The van der Waals surface area contributed by atoms with Gasteiger partial charge in [-0.3, -0.25) is 0 Å². The average Bonchev–Trinajstić information content (AvgIpc) is 2.91. The number of nitrogens with one attached hydrogen (secondary N) is 1. The summed E-state index contributed by atoms with van der Waals surface area (Å²) < 4.78 is 6.15. The van der Waals surface area contributed by atoms with E-state index in [-0.39, 0.29) is 5.60 Å². The van der Waals surface area contributed by atoms with Crippen molar-refractivity contribution in [2.45, 2.75) is 51.2 Å². The van der Waals surface area contributed by atoms with E-state index in [0.29, 0.717) is 6.04 Å². The molecule has 0 saturated heterocycles. The van der Waals surface area contributed by atoms with Gasteiger partial charge < -0.3 is 10.1 Å². The fourth-order valence-corrected chi connectivity index (χ4v) is 3.86. The smallest absolute Gasteiger partial charge is 0.0876 e. The third-order valence-electron chi connectivity index (χ3n) is 3.78. The molecule has 1 heterocycles. The SMILES string of the molecule is CCOC1(C(NC)c2csc(C)c2)CCCC1. The molecule has 1 aliphatic rings. The van der Waals surface area contributed by atoms with Crippen molar-refractivity contribution in [2.75, 3.05) is 13.7 Å². The van der Waals surface area contributed by atoms with Gasteiger partial charge in [-0.15, -0.1) is 11.3 Å². The molecule has 1 saturated carbocycles. The van der Waals surface area contributed by atoms with Crippen LogP contribution in [0.3, 0.4) is 0 Å². The second-order valence-electron chi connectivity index (χ2n) is 4.92. The first-order valence-electron chi connectivity index (χ1n) is 6.58. The van der Waals surface area contributed by atoms with Gasteiger partial charge >= 0.3 is 0 Å². The molecular formula is C14H23NOS. The lowest BCUT2D eigenvalue weighted by Gasteiger charge is -2.37. The Balaban J connectivity index is 2.26. The van der Waals surface area contributed by atoms with Gasteiger partial charge in [0.1, 0.15) is 0 Å².